The van der Waals surface area contributed by atoms with Crippen LogP contribution in [0.5, 0.6) is 11.5 Å². The van der Waals surface area contributed by atoms with Crippen molar-refractivity contribution in [3.63, 3.8) is 0 Å². The Morgan fingerprint density at radius 2 is 1.87 bits per heavy atom. The van der Waals surface area contributed by atoms with Gasteiger partial charge in [0.1, 0.15) is 11.5 Å². The Kier molecular flexibility index (Phi) is 5.35. The summed E-state index contributed by atoms with van der Waals surface area (Å²) in [6.45, 7) is 1.94. The van der Waals surface area contributed by atoms with Crippen molar-refractivity contribution in [2.45, 2.75) is 12.7 Å². The van der Waals surface area contributed by atoms with E-state index in [1.54, 1.807) is 43.7 Å². The van der Waals surface area contributed by atoms with Crippen LogP contribution in [0.4, 0.5) is 11.4 Å². The monoisotopic (exact) mass is 416 g/mol. The summed E-state index contributed by atoms with van der Waals surface area (Å²) in [6.07, 6.45) is 1.75. The van der Waals surface area contributed by atoms with Gasteiger partial charge in [0.15, 0.2) is 0 Å². The second-order valence-corrected chi connectivity index (χ2v) is 7.29. The van der Waals surface area contributed by atoms with E-state index in [0.717, 1.165) is 16.8 Å². The van der Waals surface area contributed by atoms with Gasteiger partial charge in [0.25, 0.3) is 5.91 Å². The molecule has 0 radical (unpaired) electrons. The molecule has 0 aliphatic carbocycles. The van der Waals surface area contributed by atoms with Crippen molar-refractivity contribution < 1.29 is 14.3 Å². The summed E-state index contributed by atoms with van der Waals surface area (Å²) in [5.41, 5.74) is 11.1. The number of hydrogen-bond acceptors (Lipinski definition) is 6. The summed E-state index contributed by atoms with van der Waals surface area (Å²) < 4.78 is 10.6. The largest absolute Gasteiger partial charge is 0.497 e. The first-order chi connectivity index (χ1) is 14.9. The van der Waals surface area contributed by atoms with E-state index in [-0.39, 0.29) is 5.91 Å². The van der Waals surface area contributed by atoms with Gasteiger partial charge in [0.05, 0.1) is 19.9 Å². The zero-order valence-electron chi connectivity index (χ0n) is 17.6. The molecule has 4 rings (SSSR count). The molecule has 0 saturated carbocycles. The number of nitrogens with two attached hydrogens (primary N) is 1. The lowest BCUT2D eigenvalue weighted by Gasteiger charge is -2.33. The average molecular weight is 416 g/mol. The van der Waals surface area contributed by atoms with Crippen LogP contribution >= 0.6 is 0 Å². The van der Waals surface area contributed by atoms with E-state index in [1.807, 2.05) is 37.3 Å². The van der Waals surface area contributed by atoms with Crippen LogP contribution in [0, 0.1) is 6.92 Å². The number of hydrogen-bond donors (Lipinski definition) is 3. The maximum absolute atomic E-state index is 13.0. The second-order valence-electron chi connectivity index (χ2n) is 7.29. The smallest absolute Gasteiger partial charge is 0.255 e. The first kappa shape index (κ1) is 20.4. The number of nitrogens with zero attached hydrogens (tertiary/aromatic N) is 1. The molecule has 1 aliphatic rings. The summed E-state index contributed by atoms with van der Waals surface area (Å²) in [4.78, 5) is 17.5. The van der Waals surface area contributed by atoms with Crippen LogP contribution in [-0.4, -0.2) is 26.3 Å². The average Bonchev–Trinajstić information content (AvgIpc) is 2.79. The maximum atomic E-state index is 13.0. The third kappa shape index (κ3) is 3.95. The Morgan fingerprint density at radius 3 is 2.65 bits per heavy atom. The zero-order chi connectivity index (χ0) is 22.0. The highest BCUT2D eigenvalue weighted by molar-refractivity contribution is 6.05. The molecule has 31 heavy (non-hydrogen) atoms. The van der Waals surface area contributed by atoms with Gasteiger partial charge in [-0.1, -0.05) is 24.3 Å². The van der Waals surface area contributed by atoms with Crippen LogP contribution in [0.1, 0.15) is 27.0 Å². The highest BCUT2D eigenvalue weighted by Crippen LogP contribution is 2.32. The van der Waals surface area contributed by atoms with Gasteiger partial charge in [-0.15, -0.1) is 0 Å². The Hall–Kier alpha value is -3.84. The van der Waals surface area contributed by atoms with E-state index in [1.165, 1.54) is 7.11 Å². The van der Waals surface area contributed by atoms with E-state index < -0.39 is 5.79 Å². The molecule has 0 spiro atoms. The number of ether oxygens (including phenoxy) is 2. The second kappa shape index (κ2) is 8.12. The van der Waals surface area contributed by atoms with Gasteiger partial charge < -0.3 is 20.1 Å². The van der Waals surface area contributed by atoms with E-state index in [9.17, 15) is 4.79 Å². The number of aliphatic imine (C=N–C) groups is 1. The summed E-state index contributed by atoms with van der Waals surface area (Å²) in [5, 5.41) is 6.18. The SMILES string of the molecule is COc1ccc(NC(=O)c2ccc(C)c(C3(N)N=Cc4ccccc4N3)c2)c(OC)c1. The molecule has 1 atom stereocenters. The van der Waals surface area contributed by atoms with Crippen molar-refractivity contribution in [1.29, 1.82) is 0 Å². The topological polar surface area (TPSA) is 98.0 Å². The quantitative estimate of drug-likeness (QED) is 0.586. The highest BCUT2D eigenvalue weighted by Gasteiger charge is 2.31. The summed E-state index contributed by atoms with van der Waals surface area (Å²) in [7, 11) is 3.11. The van der Waals surface area contributed by atoms with E-state index in [2.05, 4.69) is 15.6 Å². The number of anilines is 2. The lowest BCUT2D eigenvalue weighted by Crippen LogP contribution is -2.45. The molecular formula is C24H24N4O3. The van der Waals surface area contributed by atoms with Gasteiger partial charge in [0, 0.05) is 34.7 Å². The molecule has 1 unspecified atom stereocenters. The standard InChI is InChI=1S/C24H24N4O3/c1-15-8-9-16(23(29)27-21-11-10-18(30-2)13-22(21)31-3)12-19(15)24(25)26-14-17-6-4-5-7-20(17)28-24/h4-14,28H,25H2,1-3H3,(H,27,29). The zero-order valence-corrected chi connectivity index (χ0v) is 17.6. The first-order valence-corrected chi connectivity index (χ1v) is 9.79. The minimum Gasteiger partial charge on any atom is -0.497 e. The van der Waals surface area contributed by atoms with E-state index in [0.29, 0.717) is 28.3 Å². The van der Waals surface area contributed by atoms with Crippen LogP contribution < -0.4 is 25.8 Å². The number of fused-ring (bicyclic) bond motifs is 1. The molecule has 158 valence electrons. The van der Waals surface area contributed by atoms with Gasteiger partial charge >= 0.3 is 0 Å². The number of methoxy groups -OCH3 is 2. The Balaban J connectivity index is 1.64. The normalized spacial score (nSPS) is 16.8. The van der Waals surface area contributed by atoms with Crippen molar-refractivity contribution in [1.82, 2.24) is 0 Å². The van der Waals surface area contributed by atoms with Crippen LogP contribution in [0.3, 0.4) is 0 Å². The fourth-order valence-electron chi connectivity index (χ4n) is 3.54. The molecule has 0 aromatic heterocycles. The number of benzene rings is 3. The van der Waals surface area contributed by atoms with Crippen LogP contribution in [0.25, 0.3) is 0 Å². The minimum atomic E-state index is -1.17. The summed E-state index contributed by atoms with van der Waals surface area (Å²) in [5.74, 6) is -0.315. The highest BCUT2D eigenvalue weighted by atomic mass is 16.5. The molecule has 1 heterocycles. The molecule has 3 aromatic rings. The molecule has 0 fully saturated rings. The number of carbonyl (C=O) groups is 1. The van der Waals surface area contributed by atoms with Gasteiger partial charge in [-0.05, 0) is 42.8 Å². The fraction of sp³-hybridized carbons (Fsp3) is 0.167. The number of para-hydroxylation sites is 1. The third-order valence-electron chi connectivity index (χ3n) is 5.26. The van der Waals surface area contributed by atoms with Crippen molar-refractivity contribution in [3.8, 4) is 11.5 Å². The molecule has 0 saturated heterocycles. The van der Waals surface area contributed by atoms with Crippen molar-refractivity contribution in [3.05, 3.63) is 82.9 Å². The fourth-order valence-corrected chi connectivity index (χ4v) is 3.54. The van der Waals surface area contributed by atoms with Gasteiger partial charge in [-0.2, -0.15) is 0 Å². The third-order valence-corrected chi connectivity index (χ3v) is 5.26. The molecule has 7 heteroatoms. The number of aryl methyl sites for hydroxylation is 1. The van der Waals surface area contributed by atoms with E-state index >= 15 is 0 Å². The molecule has 4 N–H and O–H groups in total. The molecule has 0 bridgehead atoms. The van der Waals surface area contributed by atoms with Crippen molar-refractivity contribution >= 4 is 23.5 Å². The van der Waals surface area contributed by atoms with Gasteiger partial charge in [-0.3, -0.25) is 10.5 Å². The molecule has 7 nitrogen and oxygen atoms in total. The molecular weight excluding hydrogens is 392 g/mol. The van der Waals surface area contributed by atoms with Crippen LogP contribution in [-0.2, 0) is 5.79 Å². The minimum absolute atomic E-state index is 0.284. The van der Waals surface area contributed by atoms with E-state index in [4.69, 9.17) is 15.2 Å². The Labute approximate surface area is 180 Å². The maximum Gasteiger partial charge on any atom is 0.255 e. The molecule has 1 aliphatic heterocycles. The van der Waals surface area contributed by atoms with Crippen LogP contribution in [0.2, 0.25) is 0 Å². The lowest BCUT2D eigenvalue weighted by molar-refractivity contribution is 0.102. The number of amides is 1. The predicted molar refractivity (Wildman–Crippen MR) is 122 cm³/mol. The van der Waals surface area contributed by atoms with Crippen molar-refractivity contribution in [2.24, 2.45) is 10.7 Å². The summed E-state index contributed by atoms with van der Waals surface area (Å²) >= 11 is 0. The number of carbonyl (C=O) groups excluding carboxylic acids is 1. The lowest BCUT2D eigenvalue weighted by atomic mass is 9.97. The Morgan fingerprint density at radius 1 is 1.06 bits per heavy atom. The van der Waals surface area contributed by atoms with Gasteiger partial charge in [-0.25, -0.2) is 4.99 Å². The molecule has 1 amide bonds. The molecule has 3 aromatic carbocycles. The van der Waals surface area contributed by atoms with Gasteiger partial charge in [0.2, 0.25) is 5.79 Å². The van der Waals surface area contributed by atoms with Crippen LogP contribution in [0.15, 0.2) is 65.7 Å². The predicted octanol–water partition coefficient (Wildman–Crippen LogP) is 3.88. The summed E-state index contributed by atoms with van der Waals surface area (Å²) in [6, 6.07) is 18.4. The first-order valence-electron chi connectivity index (χ1n) is 9.79. The number of rotatable bonds is 5. The van der Waals surface area contributed by atoms with Crippen molar-refractivity contribution in [2.75, 3.05) is 24.9 Å². The number of nitrogens with one attached hydrogen (secondary N) is 2. The Bertz CT molecular complexity index is 1180.